The number of carbonyl (C=O) groups is 11. The van der Waals surface area contributed by atoms with Crippen LogP contribution in [0.1, 0.15) is 170 Å². The van der Waals surface area contributed by atoms with Crippen molar-refractivity contribution in [2.45, 2.75) is 242 Å². The van der Waals surface area contributed by atoms with Crippen LogP contribution in [0.15, 0.2) is 0 Å². The summed E-state index contributed by atoms with van der Waals surface area (Å²) in [4.78, 5) is 173. The zero-order valence-corrected chi connectivity index (χ0v) is 56.5. The van der Waals surface area contributed by atoms with Crippen LogP contribution >= 0.6 is 11.6 Å². The van der Waals surface area contributed by atoms with Crippen molar-refractivity contribution in [3.63, 3.8) is 0 Å². The highest BCUT2D eigenvalue weighted by molar-refractivity contribution is 6.20. The topological polar surface area (TPSA) is 241 Å². The second-order valence-electron chi connectivity index (χ2n) is 27.7. The third kappa shape index (κ3) is 16.5. The molecule has 6 rings (SSSR count). The van der Waals surface area contributed by atoms with Gasteiger partial charge in [-0.1, -0.05) is 52.4 Å². The number of alkyl halides is 4. The molecular weight excluding hydrogens is 1190 g/mol. The minimum atomic E-state index is -4.49. The molecule has 22 nitrogen and oxygen atoms in total. The second kappa shape index (κ2) is 30.8. The Balaban J connectivity index is 1.36. The van der Waals surface area contributed by atoms with Crippen LogP contribution in [0.2, 0.25) is 0 Å². The van der Waals surface area contributed by atoms with Crippen LogP contribution in [0.4, 0.5) is 13.2 Å². The quantitative estimate of drug-likeness (QED) is 0.306. The lowest BCUT2D eigenvalue weighted by Crippen LogP contribution is -2.65. The molecule has 90 heavy (non-hydrogen) atoms. The first kappa shape index (κ1) is 73.3. The van der Waals surface area contributed by atoms with E-state index in [1.165, 1.54) is 100 Å². The first-order valence-electron chi connectivity index (χ1n) is 32.8. The number of hydrogen-bond donors (Lipinski definition) is 2. The van der Waals surface area contributed by atoms with Crippen LogP contribution < -0.4 is 10.6 Å². The maximum atomic E-state index is 15.4. The molecule has 508 valence electrons. The smallest absolute Gasteiger partial charge is 0.343 e. The molecule has 0 aromatic rings. The van der Waals surface area contributed by atoms with Gasteiger partial charge in [-0.2, -0.15) is 13.2 Å². The summed E-state index contributed by atoms with van der Waals surface area (Å²) in [5.41, 5.74) is -1.61. The van der Waals surface area contributed by atoms with E-state index in [1.54, 1.807) is 34.7 Å². The lowest BCUT2D eigenvalue weighted by Gasteiger charge is -2.46. The zero-order valence-electron chi connectivity index (χ0n) is 55.7. The van der Waals surface area contributed by atoms with Crippen molar-refractivity contribution in [2.24, 2.45) is 29.6 Å². The van der Waals surface area contributed by atoms with Crippen LogP contribution in [-0.2, 0) is 52.7 Å². The fraction of sp³-hybridized carbons (Fsp3) is 0.828. The first-order chi connectivity index (χ1) is 42.1. The largest absolute Gasteiger partial charge is 0.393 e. The van der Waals surface area contributed by atoms with Gasteiger partial charge in [0.2, 0.25) is 65.0 Å². The zero-order chi connectivity index (χ0) is 67.2. The van der Waals surface area contributed by atoms with Gasteiger partial charge in [-0.15, -0.1) is 11.6 Å². The molecule has 6 fully saturated rings. The number of nitrogens with one attached hydrogen (secondary N) is 2. The molecule has 0 bridgehead atoms. The summed E-state index contributed by atoms with van der Waals surface area (Å²) in [6.07, 6.45) is 3.55. The van der Waals surface area contributed by atoms with E-state index in [2.05, 4.69) is 10.6 Å². The third-order valence-electron chi connectivity index (χ3n) is 21.6. The van der Waals surface area contributed by atoms with Gasteiger partial charge in [-0.25, -0.2) is 0 Å². The lowest BCUT2D eigenvalue weighted by atomic mass is 9.78. The number of carbonyl (C=O) groups excluding carboxylic acids is 11. The Morgan fingerprint density at radius 1 is 0.589 bits per heavy atom. The fourth-order valence-electron chi connectivity index (χ4n) is 13.8. The van der Waals surface area contributed by atoms with Gasteiger partial charge in [0.15, 0.2) is 0 Å². The van der Waals surface area contributed by atoms with Crippen LogP contribution in [0.25, 0.3) is 0 Å². The molecule has 0 aromatic carbocycles. The molecule has 26 heteroatoms. The molecule has 2 saturated heterocycles. The van der Waals surface area contributed by atoms with Gasteiger partial charge in [0, 0.05) is 79.8 Å². The van der Waals surface area contributed by atoms with Crippen molar-refractivity contribution in [2.75, 3.05) is 69.0 Å². The summed E-state index contributed by atoms with van der Waals surface area (Å²) in [6, 6.07) is -8.89. The van der Waals surface area contributed by atoms with Crippen LogP contribution in [0.5, 0.6) is 0 Å². The number of fused-ring (bicyclic) bond motifs is 1. The number of nitrogens with zero attached hydrogens (tertiary/aromatic N) is 9. The van der Waals surface area contributed by atoms with Gasteiger partial charge >= 0.3 is 6.18 Å². The lowest BCUT2D eigenvalue weighted by molar-refractivity contribution is -0.182. The highest BCUT2D eigenvalue weighted by atomic mass is 35.5. The van der Waals surface area contributed by atoms with Gasteiger partial charge in [-0.3, -0.25) is 52.7 Å². The standard InChI is InChI=1S/C64H103ClF3N11O11/c1-15-37(2)52-59(87)74(11)40(5)56(84)78-32-31-48(78)58(86)75(12)53(42-21-19-22-42)60(88)71(8)35-49(80)69-47(30-28-41-27-29-45(46(65)34-41)64(66,67)68)57(85)79(44-25-17-16-18-26-44)36-51(82)77(14)63(6,7)62(90)76(13)54(43-23-20-24-43)61(89)72(9)38(3)33-50(81)73(10)39(4)55(83)70-52/h37-48,52-54H,15-36H2,1-14H3,(H,69,80)(H,70,83)/t37-,38+,39-,40-,41?,45?,46?,47-,48-,52-,53-,54-/m0/s1. The Morgan fingerprint density at radius 3 is 1.70 bits per heavy atom. The molecule has 4 aliphatic carbocycles. The number of hydrogen-bond acceptors (Lipinski definition) is 11. The summed E-state index contributed by atoms with van der Waals surface area (Å²) in [5, 5.41) is 4.49. The maximum Gasteiger partial charge on any atom is 0.393 e. The van der Waals surface area contributed by atoms with E-state index in [0.717, 1.165) is 32.1 Å². The maximum absolute atomic E-state index is 15.4. The number of amides is 11. The van der Waals surface area contributed by atoms with Gasteiger partial charge in [0.05, 0.1) is 12.5 Å². The Labute approximate surface area is 535 Å². The minimum Gasteiger partial charge on any atom is -0.343 e. The summed E-state index contributed by atoms with van der Waals surface area (Å²) in [5.74, 6) is -9.33. The van der Waals surface area contributed by atoms with Gasteiger partial charge < -0.3 is 54.7 Å². The summed E-state index contributed by atoms with van der Waals surface area (Å²) in [7, 11) is 10.3. The molecule has 2 N–H and O–H groups in total. The average molecular weight is 1300 g/mol. The third-order valence-corrected chi connectivity index (χ3v) is 22.1. The Kier molecular flexibility index (Phi) is 25.1. The molecule has 2 heterocycles. The highest BCUT2D eigenvalue weighted by Crippen LogP contribution is 2.44. The average Bonchev–Trinajstić information content (AvgIpc) is 0.952. The van der Waals surface area contributed by atoms with Crippen molar-refractivity contribution >= 4 is 76.6 Å². The van der Waals surface area contributed by atoms with Crippen molar-refractivity contribution in [1.29, 1.82) is 0 Å². The van der Waals surface area contributed by atoms with E-state index in [1.807, 2.05) is 6.92 Å². The molecular formula is C64H103ClF3N11O11. The normalized spacial score (nSPS) is 31.9. The predicted molar refractivity (Wildman–Crippen MR) is 331 cm³/mol. The molecule has 0 radical (unpaired) electrons. The highest BCUT2D eigenvalue weighted by Gasteiger charge is 2.51. The molecule has 4 saturated carbocycles. The summed E-state index contributed by atoms with van der Waals surface area (Å²) in [6.45, 7) is 10.6. The Morgan fingerprint density at radius 2 is 1.18 bits per heavy atom. The Bertz CT molecular complexity index is 2640. The fourth-order valence-corrected chi connectivity index (χ4v) is 14.3. The van der Waals surface area contributed by atoms with Crippen LogP contribution in [0.3, 0.4) is 0 Å². The van der Waals surface area contributed by atoms with Crippen molar-refractivity contribution in [3.05, 3.63) is 0 Å². The summed E-state index contributed by atoms with van der Waals surface area (Å²) >= 11 is 6.39. The van der Waals surface area contributed by atoms with E-state index < -0.39 is 161 Å². The van der Waals surface area contributed by atoms with Crippen molar-refractivity contribution < 1.29 is 65.9 Å². The number of rotatable bonds is 8. The SMILES string of the molecule is CC[C@H](C)[C@@H]1NC(=O)[C@H](C)N(C)C(=O)C[C@@H](C)N(C)C(=O)[C@H](C2CCC2)N(C)C(=O)C(C)(C)N(C)C(=O)CN(C2CCCCC2)C(=O)[C@H](CCC2CCC(C(F)(F)F)C(Cl)C2)NC(=O)CN(C)C(=O)[C@H](C2CCC2)N(C)C(=O)[C@@H]2CCN2C(=O)[C@H](C)N(C)C1=O. The molecule has 12 atom stereocenters. The van der Waals surface area contributed by atoms with Gasteiger partial charge in [0.1, 0.15) is 54.4 Å². The molecule has 0 spiro atoms. The molecule has 11 amide bonds. The molecule has 2 aliphatic heterocycles. The van der Waals surface area contributed by atoms with Crippen LogP contribution in [0, 0.1) is 29.6 Å². The number of likely N-dealkylation sites (N-methyl/N-ethyl adjacent to an activating group) is 7. The van der Waals surface area contributed by atoms with Crippen molar-refractivity contribution in [3.8, 4) is 0 Å². The van der Waals surface area contributed by atoms with Gasteiger partial charge in [-0.05, 0) is 135 Å². The predicted octanol–water partition coefficient (Wildman–Crippen LogP) is 5.02. The van der Waals surface area contributed by atoms with E-state index in [9.17, 15) is 61.1 Å². The molecule has 3 unspecified atom stereocenters. The monoisotopic (exact) mass is 1290 g/mol. The van der Waals surface area contributed by atoms with E-state index in [0.29, 0.717) is 44.9 Å². The van der Waals surface area contributed by atoms with E-state index >= 15 is 4.79 Å². The Hall–Kier alpha value is -5.75. The molecule has 0 aromatic heterocycles. The van der Waals surface area contributed by atoms with Crippen molar-refractivity contribution in [1.82, 2.24) is 54.7 Å². The van der Waals surface area contributed by atoms with Crippen LogP contribution in [-0.4, -0.2) is 250 Å². The summed E-state index contributed by atoms with van der Waals surface area (Å²) < 4.78 is 41.9. The first-order valence-corrected chi connectivity index (χ1v) is 33.3. The van der Waals surface area contributed by atoms with Gasteiger partial charge in [0.25, 0.3) is 0 Å². The van der Waals surface area contributed by atoms with E-state index in [-0.39, 0.29) is 69.2 Å². The molecule has 6 aliphatic rings. The minimum absolute atomic E-state index is 0.0150. The second-order valence-corrected chi connectivity index (χ2v) is 28.2. The number of halogens is 4. The van der Waals surface area contributed by atoms with E-state index in [4.69, 9.17) is 11.6 Å².